The van der Waals surface area contributed by atoms with Crippen molar-refractivity contribution in [3.05, 3.63) is 28.8 Å². The number of hydrogen-bond donors (Lipinski definition) is 1. The molecule has 94 valence electrons. The number of hydrogen-bond acceptors (Lipinski definition) is 2. The number of piperidine rings is 1. The average Bonchev–Trinajstić information content (AvgIpc) is 2.38. The zero-order valence-electron chi connectivity index (χ0n) is 10.5. The number of benzene rings is 1. The summed E-state index contributed by atoms with van der Waals surface area (Å²) < 4.78 is 0. The minimum Gasteiger partial charge on any atom is -0.371 e. The molecule has 1 aromatic rings. The molecule has 0 aromatic heterocycles. The fourth-order valence-electron chi connectivity index (χ4n) is 2.47. The Morgan fingerprint density at radius 1 is 1.29 bits per heavy atom. The molecular weight excluding hydrogens is 232 g/mol. The summed E-state index contributed by atoms with van der Waals surface area (Å²) >= 11 is 6.10. The lowest BCUT2D eigenvalue weighted by molar-refractivity contribution is 0.574. The Labute approximate surface area is 109 Å². The summed E-state index contributed by atoms with van der Waals surface area (Å²) in [5, 5.41) is 0.807. The van der Waals surface area contributed by atoms with E-state index in [2.05, 4.69) is 24.0 Å². The van der Waals surface area contributed by atoms with E-state index < -0.39 is 0 Å². The third-order valence-corrected chi connectivity index (χ3v) is 3.81. The van der Waals surface area contributed by atoms with E-state index in [9.17, 15) is 0 Å². The maximum Gasteiger partial charge on any atom is 0.0410 e. The number of rotatable bonds is 3. The summed E-state index contributed by atoms with van der Waals surface area (Å²) in [6.45, 7) is 5.15. The van der Waals surface area contributed by atoms with Crippen LogP contribution in [0, 0.1) is 0 Å². The molecule has 17 heavy (non-hydrogen) atoms. The largest absolute Gasteiger partial charge is 0.371 e. The van der Waals surface area contributed by atoms with Crippen molar-refractivity contribution in [1.82, 2.24) is 0 Å². The second-order valence-corrected chi connectivity index (χ2v) is 5.32. The highest BCUT2D eigenvalue weighted by Crippen LogP contribution is 2.31. The molecule has 1 heterocycles. The molecule has 0 spiro atoms. The molecule has 0 radical (unpaired) electrons. The van der Waals surface area contributed by atoms with Crippen LogP contribution in [0.1, 0.15) is 37.7 Å². The zero-order chi connectivity index (χ0) is 12.3. The minimum atomic E-state index is 0.366. The van der Waals surface area contributed by atoms with Gasteiger partial charge in [0.1, 0.15) is 0 Å². The fraction of sp³-hybridized carbons (Fsp3) is 0.571. The van der Waals surface area contributed by atoms with E-state index in [1.165, 1.54) is 30.5 Å². The van der Waals surface area contributed by atoms with Gasteiger partial charge in [-0.15, -0.1) is 0 Å². The number of nitrogens with zero attached hydrogens (tertiary/aromatic N) is 1. The summed E-state index contributed by atoms with van der Waals surface area (Å²) in [4.78, 5) is 2.47. The third kappa shape index (κ3) is 2.93. The van der Waals surface area contributed by atoms with Gasteiger partial charge in [0.25, 0.3) is 0 Å². The molecule has 1 fully saturated rings. The van der Waals surface area contributed by atoms with Gasteiger partial charge in [0.05, 0.1) is 0 Å². The first-order valence-corrected chi connectivity index (χ1v) is 6.84. The van der Waals surface area contributed by atoms with Crippen LogP contribution in [-0.4, -0.2) is 19.6 Å². The first kappa shape index (κ1) is 12.7. The summed E-state index contributed by atoms with van der Waals surface area (Å²) in [6.07, 6.45) is 3.93. The van der Waals surface area contributed by atoms with Gasteiger partial charge in [-0.2, -0.15) is 0 Å². The standard InChI is InChI=1S/C14H21ClN2/c1-11(10-16)13-9-12(15)5-6-14(13)17-7-3-2-4-8-17/h5-6,9,11H,2-4,7-8,10,16H2,1H3. The Morgan fingerprint density at radius 2 is 2.00 bits per heavy atom. The lowest BCUT2D eigenvalue weighted by atomic mass is 9.97. The maximum atomic E-state index is 6.10. The van der Waals surface area contributed by atoms with Gasteiger partial charge in [-0.3, -0.25) is 0 Å². The van der Waals surface area contributed by atoms with Gasteiger partial charge >= 0.3 is 0 Å². The van der Waals surface area contributed by atoms with E-state index in [-0.39, 0.29) is 0 Å². The summed E-state index contributed by atoms with van der Waals surface area (Å²) in [6, 6.07) is 6.20. The Bertz CT molecular complexity index is 372. The van der Waals surface area contributed by atoms with Gasteiger partial charge in [-0.25, -0.2) is 0 Å². The average molecular weight is 253 g/mol. The van der Waals surface area contributed by atoms with E-state index in [1.54, 1.807) is 0 Å². The van der Waals surface area contributed by atoms with Crippen molar-refractivity contribution in [3.8, 4) is 0 Å². The molecule has 0 saturated carbocycles. The second kappa shape index (κ2) is 5.74. The minimum absolute atomic E-state index is 0.366. The normalized spacial score (nSPS) is 18.2. The van der Waals surface area contributed by atoms with Crippen LogP contribution >= 0.6 is 11.6 Å². The molecule has 0 amide bonds. The first-order chi connectivity index (χ1) is 8.22. The van der Waals surface area contributed by atoms with Crippen LogP contribution in [0.4, 0.5) is 5.69 Å². The summed E-state index contributed by atoms with van der Waals surface area (Å²) in [7, 11) is 0. The molecule has 3 heteroatoms. The monoisotopic (exact) mass is 252 g/mol. The number of halogens is 1. The Hall–Kier alpha value is -0.730. The van der Waals surface area contributed by atoms with Gasteiger partial charge < -0.3 is 10.6 Å². The molecule has 1 aliphatic rings. The molecule has 1 aliphatic heterocycles. The molecule has 1 aromatic carbocycles. The van der Waals surface area contributed by atoms with Crippen LogP contribution < -0.4 is 10.6 Å². The van der Waals surface area contributed by atoms with Gasteiger partial charge in [-0.05, 0) is 55.5 Å². The van der Waals surface area contributed by atoms with Crippen LogP contribution in [0.15, 0.2) is 18.2 Å². The zero-order valence-corrected chi connectivity index (χ0v) is 11.2. The highest BCUT2D eigenvalue weighted by atomic mass is 35.5. The van der Waals surface area contributed by atoms with E-state index in [0.717, 1.165) is 18.1 Å². The van der Waals surface area contributed by atoms with Crippen molar-refractivity contribution in [3.63, 3.8) is 0 Å². The van der Waals surface area contributed by atoms with Gasteiger partial charge in [0.15, 0.2) is 0 Å². The Morgan fingerprint density at radius 3 is 2.65 bits per heavy atom. The van der Waals surface area contributed by atoms with Crippen molar-refractivity contribution in [2.45, 2.75) is 32.1 Å². The molecule has 2 N–H and O–H groups in total. The van der Waals surface area contributed by atoms with E-state index in [1.807, 2.05) is 6.07 Å². The quantitative estimate of drug-likeness (QED) is 0.894. The molecular formula is C14H21ClN2. The van der Waals surface area contributed by atoms with Crippen molar-refractivity contribution in [1.29, 1.82) is 0 Å². The van der Waals surface area contributed by atoms with Crippen molar-refractivity contribution < 1.29 is 0 Å². The molecule has 0 aliphatic carbocycles. The van der Waals surface area contributed by atoms with Crippen molar-refractivity contribution >= 4 is 17.3 Å². The summed E-state index contributed by atoms with van der Waals surface area (Å²) in [5.41, 5.74) is 8.41. The predicted molar refractivity (Wildman–Crippen MR) is 75.0 cm³/mol. The lowest BCUT2D eigenvalue weighted by Gasteiger charge is -2.32. The maximum absolute atomic E-state index is 6.10. The topological polar surface area (TPSA) is 29.3 Å². The lowest BCUT2D eigenvalue weighted by Crippen LogP contribution is -2.30. The van der Waals surface area contributed by atoms with Crippen LogP contribution in [0.2, 0.25) is 5.02 Å². The smallest absolute Gasteiger partial charge is 0.0410 e. The molecule has 1 saturated heterocycles. The first-order valence-electron chi connectivity index (χ1n) is 6.47. The van der Waals surface area contributed by atoms with Gasteiger partial charge in [0, 0.05) is 23.8 Å². The van der Waals surface area contributed by atoms with E-state index in [4.69, 9.17) is 17.3 Å². The van der Waals surface area contributed by atoms with E-state index in [0.29, 0.717) is 12.5 Å². The van der Waals surface area contributed by atoms with Crippen LogP contribution in [0.25, 0.3) is 0 Å². The van der Waals surface area contributed by atoms with Crippen molar-refractivity contribution in [2.24, 2.45) is 5.73 Å². The SMILES string of the molecule is CC(CN)c1cc(Cl)ccc1N1CCCCC1. The number of nitrogens with two attached hydrogens (primary N) is 1. The van der Waals surface area contributed by atoms with Crippen LogP contribution in [0.5, 0.6) is 0 Å². The fourth-order valence-corrected chi connectivity index (χ4v) is 2.65. The third-order valence-electron chi connectivity index (χ3n) is 3.57. The Kier molecular flexibility index (Phi) is 4.30. The van der Waals surface area contributed by atoms with E-state index >= 15 is 0 Å². The molecule has 2 nitrogen and oxygen atoms in total. The predicted octanol–water partition coefficient (Wildman–Crippen LogP) is 3.39. The Balaban J connectivity index is 2.30. The highest BCUT2D eigenvalue weighted by Gasteiger charge is 2.17. The second-order valence-electron chi connectivity index (χ2n) is 4.89. The van der Waals surface area contributed by atoms with Gasteiger partial charge in [0.2, 0.25) is 0 Å². The van der Waals surface area contributed by atoms with Crippen LogP contribution in [0.3, 0.4) is 0 Å². The van der Waals surface area contributed by atoms with Crippen LogP contribution in [-0.2, 0) is 0 Å². The molecule has 0 bridgehead atoms. The van der Waals surface area contributed by atoms with Crippen molar-refractivity contribution in [2.75, 3.05) is 24.5 Å². The highest BCUT2D eigenvalue weighted by molar-refractivity contribution is 6.30. The van der Waals surface area contributed by atoms with Gasteiger partial charge in [-0.1, -0.05) is 18.5 Å². The summed E-state index contributed by atoms with van der Waals surface area (Å²) in [5.74, 6) is 0.366. The molecule has 2 rings (SSSR count). The number of anilines is 1. The molecule has 1 atom stereocenters. The molecule has 1 unspecified atom stereocenters.